The molecular weight excluding hydrogens is 199 g/mol. The molecule has 0 fully saturated rings. The minimum atomic E-state index is -2.66. The van der Waals surface area contributed by atoms with Crippen molar-refractivity contribution in [2.75, 3.05) is 19.0 Å². The molecule has 78 valence electrons. The molecule has 1 aromatic rings. The number of aromatic nitrogens is 2. The molecule has 1 N–H and O–H groups in total. The molecule has 1 aromatic heterocycles. The van der Waals surface area contributed by atoms with Gasteiger partial charge in [-0.2, -0.15) is 9.37 Å². The van der Waals surface area contributed by atoms with Gasteiger partial charge in [-0.1, -0.05) is 0 Å². The standard InChI is InChI=1S/C7H8F3N3O/c1-11-7-12-2-4(8)6(13-7)14-3-5(9)10/h2,5H,3H2,1H3,(H,11,12,13). The summed E-state index contributed by atoms with van der Waals surface area (Å²) in [6.07, 6.45) is -1.82. The summed E-state index contributed by atoms with van der Waals surface area (Å²) < 4.78 is 40.7. The zero-order valence-electron chi connectivity index (χ0n) is 7.30. The molecule has 7 heteroatoms. The quantitative estimate of drug-likeness (QED) is 0.808. The van der Waals surface area contributed by atoms with Crippen molar-refractivity contribution in [2.45, 2.75) is 6.43 Å². The van der Waals surface area contributed by atoms with E-state index in [1.807, 2.05) is 0 Å². The van der Waals surface area contributed by atoms with Gasteiger partial charge in [0.1, 0.15) is 0 Å². The number of alkyl halides is 2. The highest BCUT2D eigenvalue weighted by Crippen LogP contribution is 2.14. The van der Waals surface area contributed by atoms with Gasteiger partial charge in [0.05, 0.1) is 6.20 Å². The van der Waals surface area contributed by atoms with Gasteiger partial charge in [-0.3, -0.25) is 0 Å². The maximum atomic E-state index is 12.8. The Hall–Kier alpha value is -1.53. The smallest absolute Gasteiger partial charge is 0.272 e. The average Bonchev–Trinajstić information content (AvgIpc) is 2.16. The van der Waals surface area contributed by atoms with E-state index in [1.165, 1.54) is 7.05 Å². The summed E-state index contributed by atoms with van der Waals surface area (Å²) in [5.41, 5.74) is 0. The Kier molecular flexibility index (Phi) is 3.49. The van der Waals surface area contributed by atoms with Crippen molar-refractivity contribution in [3.05, 3.63) is 12.0 Å². The normalized spacial score (nSPS) is 10.4. The van der Waals surface area contributed by atoms with Crippen molar-refractivity contribution in [3.63, 3.8) is 0 Å². The second-order valence-electron chi connectivity index (χ2n) is 2.30. The summed E-state index contributed by atoms with van der Waals surface area (Å²) in [5.74, 6) is -1.25. The van der Waals surface area contributed by atoms with Crippen molar-refractivity contribution < 1.29 is 17.9 Å². The third kappa shape index (κ3) is 2.75. The largest absolute Gasteiger partial charge is 0.469 e. The molecule has 0 aromatic carbocycles. The van der Waals surface area contributed by atoms with Crippen molar-refractivity contribution in [1.29, 1.82) is 0 Å². The highest BCUT2D eigenvalue weighted by molar-refractivity contribution is 5.27. The fraction of sp³-hybridized carbons (Fsp3) is 0.429. The van der Waals surface area contributed by atoms with Crippen molar-refractivity contribution >= 4 is 5.95 Å². The molecule has 0 aliphatic carbocycles. The second kappa shape index (κ2) is 4.64. The van der Waals surface area contributed by atoms with Gasteiger partial charge in [-0.25, -0.2) is 13.8 Å². The van der Waals surface area contributed by atoms with Gasteiger partial charge in [-0.15, -0.1) is 0 Å². The van der Waals surface area contributed by atoms with Gasteiger partial charge in [0.25, 0.3) is 12.3 Å². The number of rotatable bonds is 4. The minimum Gasteiger partial charge on any atom is -0.469 e. The monoisotopic (exact) mass is 207 g/mol. The second-order valence-corrected chi connectivity index (χ2v) is 2.30. The molecule has 0 amide bonds. The Morgan fingerprint density at radius 2 is 2.29 bits per heavy atom. The number of anilines is 1. The van der Waals surface area contributed by atoms with Crippen LogP contribution >= 0.6 is 0 Å². The lowest BCUT2D eigenvalue weighted by molar-refractivity contribution is 0.0773. The van der Waals surface area contributed by atoms with Gasteiger partial charge in [-0.05, 0) is 0 Å². The minimum absolute atomic E-state index is 0.107. The van der Waals surface area contributed by atoms with Crippen LogP contribution in [0, 0.1) is 5.82 Å². The van der Waals surface area contributed by atoms with Gasteiger partial charge in [0, 0.05) is 7.05 Å². The molecule has 1 heterocycles. The Morgan fingerprint density at radius 1 is 1.57 bits per heavy atom. The van der Waals surface area contributed by atoms with Crippen LogP contribution in [0.2, 0.25) is 0 Å². The lowest BCUT2D eigenvalue weighted by Gasteiger charge is -2.06. The van der Waals surface area contributed by atoms with E-state index in [2.05, 4.69) is 20.0 Å². The summed E-state index contributed by atoms with van der Waals surface area (Å²) in [4.78, 5) is 7.03. The maximum Gasteiger partial charge on any atom is 0.272 e. The van der Waals surface area contributed by atoms with E-state index in [0.29, 0.717) is 0 Å². The van der Waals surface area contributed by atoms with Crippen LogP contribution in [-0.2, 0) is 0 Å². The first kappa shape index (κ1) is 10.6. The summed E-state index contributed by atoms with van der Waals surface area (Å²) in [7, 11) is 1.52. The van der Waals surface area contributed by atoms with E-state index in [4.69, 9.17) is 0 Å². The predicted octanol–water partition coefficient (Wildman–Crippen LogP) is 1.30. The molecule has 0 spiro atoms. The predicted molar refractivity (Wildman–Crippen MR) is 43.0 cm³/mol. The molecule has 0 aliphatic heterocycles. The first-order valence-electron chi connectivity index (χ1n) is 3.74. The molecule has 0 atom stereocenters. The van der Waals surface area contributed by atoms with Crippen LogP contribution in [0.1, 0.15) is 0 Å². The summed E-state index contributed by atoms with van der Waals surface area (Å²) in [6.45, 7) is -0.892. The zero-order chi connectivity index (χ0) is 10.6. The molecular formula is C7H8F3N3O. The van der Waals surface area contributed by atoms with Crippen LogP contribution in [0.15, 0.2) is 6.20 Å². The molecule has 0 saturated carbocycles. The van der Waals surface area contributed by atoms with Gasteiger partial charge in [0.15, 0.2) is 6.61 Å². The van der Waals surface area contributed by atoms with Crippen LogP contribution in [0.25, 0.3) is 0 Å². The average molecular weight is 207 g/mol. The molecule has 1 rings (SSSR count). The number of nitrogens with zero attached hydrogens (tertiary/aromatic N) is 2. The number of hydrogen-bond donors (Lipinski definition) is 1. The molecule has 0 saturated heterocycles. The highest BCUT2D eigenvalue weighted by atomic mass is 19.3. The van der Waals surface area contributed by atoms with Gasteiger partial charge >= 0.3 is 0 Å². The van der Waals surface area contributed by atoms with Crippen LogP contribution in [-0.4, -0.2) is 30.0 Å². The van der Waals surface area contributed by atoms with Crippen LogP contribution < -0.4 is 10.1 Å². The van der Waals surface area contributed by atoms with Gasteiger partial charge < -0.3 is 10.1 Å². The third-order valence-electron chi connectivity index (χ3n) is 1.28. The molecule has 0 radical (unpaired) electrons. The van der Waals surface area contributed by atoms with E-state index in [1.54, 1.807) is 0 Å². The fourth-order valence-corrected chi connectivity index (χ4v) is 0.715. The number of hydrogen-bond acceptors (Lipinski definition) is 4. The zero-order valence-corrected chi connectivity index (χ0v) is 7.30. The summed E-state index contributed by atoms with van der Waals surface area (Å²) >= 11 is 0. The first-order valence-corrected chi connectivity index (χ1v) is 3.74. The van der Waals surface area contributed by atoms with Crippen molar-refractivity contribution in [1.82, 2.24) is 9.97 Å². The lowest BCUT2D eigenvalue weighted by atomic mass is 10.6. The number of halogens is 3. The van der Waals surface area contributed by atoms with Crippen LogP contribution in [0.3, 0.4) is 0 Å². The summed E-state index contributed by atoms with van der Waals surface area (Å²) in [5, 5.41) is 2.53. The van der Waals surface area contributed by atoms with Crippen LogP contribution in [0.5, 0.6) is 5.88 Å². The summed E-state index contributed by atoms with van der Waals surface area (Å²) in [6, 6.07) is 0. The highest BCUT2D eigenvalue weighted by Gasteiger charge is 2.10. The van der Waals surface area contributed by atoms with Crippen LogP contribution in [0.4, 0.5) is 19.1 Å². The Balaban J connectivity index is 2.73. The molecule has 0 aliphatic rings. The number of ether oxygens (including phenoxy) is 1. The van der Waals surface area contributed by atoms with Crippen molar-refractivity contribution in [2.24, 2.45) is 0 Å². The topological polar surface area (TPSA) is 47.0 Å². The lowest BCUT2D eigenvalue weighted by Crippen LogP contribution is -2.10. The first-order chi connectivity index (χ1) is 6.63. The Labute approximate surface area is 78.1 Å². The maximum absolute atomic E-state index is 12.8. The Morgan fingerprint density at radius 3 is 2.86 bits per heavy atom. The van der Waals surface area contributed by atoms with E-state index in [9.17, 15) is 13.2 Å². The Bertz CT molecular complexity index is 308. The fourth-order valence-electron chi connectivity index (χ4n) is 0.715. The van der Waals surface area contributed by atoms with Gasteiger partial charge in [0.2, 0.25) is 11.8 Å². The molecule has 0 bridgehead atoms. The molecule has 14 heavy (non-hydrogen) atoms. The molecule has 0 unspecified atom stereocenters. The number of nitrogens with one attached hydrogen (secondary N) is 1. The van der Waals surface area contributed by atoms with Crippen molar-refractivity contribution in [3.8, 4) is 5.88 Å². The van der Waals surface area contributed by atoms with E-state index in [0.717, 1.165) is 6.20 Å². The van der Waals surface area contributed by atoms with E-state index >= 15 is 0 Å². The van der Waals surface area contributed by atoms with E-state index < -0.39 is 24.7 Å². The SMILES string of the molecule is CNc1ncc(F)c(OCC(F)F)n1. The third-order valence-corrected chi connectivity index (χ3v) is 1.28. The molecule has 4 nitrogen and oxygen atoms in total. The van der Waals surface area contributed by atoms with E-state index in [-0.39, 0.29) is 5.95 Å².